The van der Waals surface area contributed by atoms with E-state index < -0.39 is 0 Å². The molecule has 4 heteroatoms. The Kier molecular flexibility index (Phi) is 3.82. The number of hydrogen-bond acceptors (Lipinski definition) is 3. The van der Waals surface area contributed by atoms with Crippen LogP contribution in [0.2, 0.25) is 0 Å². The third-order valence-electron chi connectivity index (χ3n) is 3.63. The summed E-state index contributed by atoms with van der Waals surface area (Å²) < 4.78 is 5.34. The molecule has 4 nitrogen and oxygen atoms in total. The van der Waals surface area contributed by atoms with Crippen LogP contribution in [0.5, 0.6) is 0 Å². The fourth-order valence-corrected chi connectivity index (χ4v) is 2.22. The molecule has 1 amide bonds. The van der Waals surface area contributed by atoms with E-state index >= 15 is 0 Å². The van der Waals surface area contributed by atoms with Gasteiger partial charge in [0.25, 0.3) is 0 Å². The summed E-state index contributed by atoms with van der Waals surface area (Å²) in [5.41, 5.74) is 0. The molecule has 2 fully saturated rings. The van der Waals surface area contributed by atoms with Crippen molar-refractivity contribution in [1.82, 2.24) is 10.2 Å². The van der Waals surface area contributed by atoms with Crippen molar-refractivity contribution in [2.45, 2.75) is 25.8 Å². The summed E-state index contributed by atoms with van der Waals surface area (Å²) in [5.74, 6) is 1.79. The number of nitrogens with one attached hydrogen (secondary N) is 1. The van der Waals surface area contributed by atoms with Crippen LogP contribution in [0.3, 0.4) is 0 Å². The Labute approximate surface area is 97.3 Å². The van der Waals surface area contributed by atoms with Crippen LogP contribution in [0.1, 0.15) is 19.8 Å². The van der Waals surface area contributed by atoms with Crippen molar-refractivity contribution < 1.29 is 9.53 Å². The molecule has 0 spiro atoms. The number of nitrogens with zero attached hydrogens (tertiary/aromatic N) is 1. The molecule has 1 heterocycles. The van der Waals surface area contributed by atoms with Gasteiger partial charge in [-0.3, -0.25) is 4.79 Å². The van der Waals surface area contributed by atoms with Gasteiger partial charge in [0, 0.05) is 32.6 Å². The van der Waals surface area contributed by atoms with E-state index in [2.05, 4.69) is 12.2 Å². The fourth-order valence-electron chi connectivity index (χ4n) is 2.22. The molecule has 2 aliphatic rings. The summed E-state index contributed by atoms with van der Waals surface area (Å²) >= 11 is 0. The van der Waals surface area contributed by atoms with E-state index in [1.807, 2.05) is 11.9 Å². The first-order valence-electron chi connectivity index (χ1n) is 6.22. The first-order valence-corrected chi connectivity index (χ1v) is 6.22. The Morgan fingerprint density at radius 2 is 2.31 bits per heavy atom. The number of rotatable bonds is 4. The average Bonchev–Trinajstić information content (AvgIpc) is 2.95. The Morgan fingerprint density at radius 3 is 2.88 bits per heavy atom. The Balaban J connectivity index is 1.69. The summed E-state index contributed by atoms with van der Waals surface area (Å²) in [6, 6.07) is 0.209. The largest absolute Gasteiger partial charge is 0.378 e. The second-order valence-electron chi connectivity index (χ2n) is 5.18. The van der Waals surface area contributed by atoms with Gasteiger partial charge in [-0.1, -0.05) is 6.92 Å². The molecular weight excluding hydrogens is 204 g/mol. The quantitative estimate of drug-likeness (QED) is 0.758. The Bertz CT molecular complexity index is 251. The van der Waals surface area contributed by atoms with E-state index in [4.69, 9.17) is 4.74 Å². The SMILES string of the molecule is CC1CC1CN(C)C(=O)CC1COCCN1. The molecule has 3 atom stereocenters. The van der Waals surface area contributed by atoms with E-state index in [-0.39, 0.29) is 11.9 Å². The molecule has 2 rings (SSSR count). The van der Waals surface area contributed by atoms with Gasteiger partial charge in [-0.2, -0.15) is 0 Å². The minimum atomic E-state index is 0.209. The van der Waals surface area contributed by atoms with Gasteiger partial charge in [0.1, 0.15) is 0 Å². The monoisotopic (exact) mass is 226 g/mol. The van der Waals surface area contributed by atoms with E-state index in [1.165, 1.54) is 6.42 Å². The first kappa shape index (κ1) is 11.9. The van der Waals surface area contributed by atoms with Gasteiger partial charge in [0.05, 0.1) is 13.2 Å². The minimum Gasteiger partial charge on any atom is -0.378 e. The average molecular weight is 226 g/mol. The van der Waals surface area contributed by atoms with Gasteiger partial charge < -0.3 is 15.0 Å². The zero-order chi connectivity index (χ0) is 11.5. The van der Waals surface area contributed by atoms with Crippen molar-refractivity contribution in [3.8, 4) is 0 Å². The van der Waals surface area contributed by atoms with Crippen LogP contribution in [0.4, 0.5) is 0 Å². The Morgan fingerprint density at radius 1 is 1.56 bits per heavy atom. The molecule has 1 aliphatic carbocycles. The van der Waals surface area contributed by atoms with Gasteiger partial charge in [0.15, 0.2) is 0 Å². The van der Waals surface area contributed by atoms with Gasteiger partial charge in [-0.15, -0.1) is 0 Å². The zero-order valence-electron chi connectivity index (χ0n) is 10.2. The first-order chi connectivity index (χ1) is 7.66. The van der Waals surface area contributed by atoms with Crippen LogP contribution in [0, 0.1) is 11.8 Å². The highest BCUT2D eigenvalue weighted by molar-refractivity contribution is 5.76. The van der Waals surface area contributed by atoms with Crippen LogP contribution in [-0.4, -0.2) is 50.2 Å². The lowest BCUT2D eigenvalue weighted by molar-refractivity contribution is -0.131. The maximum absolute atomic E-state index is 11.9. The predicted octanol–water partition coefficient (Wildman–Crippen LogP) is 0.479. The fraction of sp³-hybridized carbons (Fsp3) is 0.917. The molecular formula is C12H22N2O2. The molecule has 0 aromatic carbocycles. The van der Waals surface area contributed by atoms with Gasteiger partial charge >= 0.3 is 0 Å². The van der Waals surface area contributed by atoms with Crippen molar-refractivity contribution in [3.63, 3.8) is 0 Å². The lowest BCUT2D eigenvalue weighted by Crippen LogP contribution is -2.44. The highest BCUT2D eigenvalue weighted by atomic mass is 16.5. The smallest absolute Gasteiger partial charge is 0.223 e. The van der Waals surface area contributed by atoms with Gasteiger partial charge in [-0.05, 0) is 18.3 Å². The van der Waals surface area contributed by atoms with Crippen molar-refractivity contribution in [3.05, 3.63) is 0 Å². The molecule has 3 unspecified atom stereocenters. The standard InChI is InChI=1S/C12H22N2O2/c1-9-5-10(9)7-14(2)12(15)6-11-8-16-4-3-13-11/h9-11,13H,3-8H2,1-2H3. The second kappa shape index (κ2) is 5.15. The van der Waals surface area contributed by atoms with Crippen LogP contribution < -0.4 is 5.32 Å². The highest BCUT2D eigenvalue weighted by Gasteiger charge is 2.34. The molecule has 0 radical (unpaired) electrons. The van der Waals surface area contributed by atoms with Crippen molar-refractivity contribution in [2.75, 3.05) is 33.4 Å². The molecule has 0 bridgehead atoms. The molecule has 1 saturated carbocycles. The van der Waals surface area contributed by atoms with E-state index in [0.717, 1.165) is 31.5 Å². The number of hydrogen-bond donors (Lipinski definition) is 1. The summed E-state index contributed by atoms with van der Waals surface area (Å²) in [6.45, 7) is 5.47. The van der Waals surface area contributed by atoms with Crippen LogP contribution in [-0.2, 0) is 9.53 Å². The van der Waals surface area contributed by atoms with Crippen molar-refractivity contribution >= 4 is 5.91 Å². The summed E-state index contributed by atoms with van der Waals surface area (Å²) in [5, 5.41) is 3.31. The third-order valence-corrected chi connectivity index (χ3v) is 3.63. The topological polar surface area (TPSA) is 41.6 Å². The van der Waals surface area contributed by atoms with E-state index in [0.29, 0.717) is 13.0 Å². The molecule has 1 N–H and O–H groups in total. The lowest BCUT2D eigenvalue weighted by atomic mass is 10.2. The summed E-state index contributed by atoms with van der Waals surface area (Å²) in [7, 11) is 1.91. The normalized spacial score (nSPS) is 33.5. The van der Waals surface area contributed by atoms with Crippen LogP contribution in [0.25, 0.3) is 0 Å². The molecule has 1 saturated heterocycles. The molecule has 16 heavy (non-hydrogen) atoms. The Hall–Kier alpha value is -0.610. The molecule has 0 aromatic heterocycles. The van der Waals surface area contributed by atoms with Crippen molar-refractivity contribution in [2.24, 2.45) is 11.8 Å². The van der Waals surface area contributed by atoms with E-state index in [1.54, 1.807) is 0 Å². The summed E-state index contributed by atoms with van der Waals surface area (Å²) in [6.07, 6.45) is 1.85. The predicted molar refractivity (Wildman–Crippen MR) is 62.1 cm³/mol. The minimum absolute atomic E-state index is 0.209. The molecule has 1 aliphatic heterocycles. The number of morpholine rings is 1. The number of carbonyl (C=O) groups is 1. The molecule has 0 aromatic rings. The summed E-state index contributed by atoms with van der Waals surface area (Å²) in [4.78, 5) is 13.8. The number of amides is 1. The van der Waals surface area contributed by atoms with Crippen LogP contribution >= 0.6 is 0 Å². The van der Waals surface area contributed by atoms with E-state index in [9.17, 15) is 4.79 Å². The number of ether oxygens (including phenoxy) is 1. The highest BCUT2D eigenvalue weighted by Crippen LogP contribution is 2.37. The zero-order valence-corrected chi connectivity index (χ0v) is 10.2. The third kappa shape index (κ3) is 3.19. The molecule has 92 valence electrons. The van der Waals surface area contributed by atoms with Gasteiger partial charge in [-0.25, -0.2) is 0 Å². The van der Waals surface area contributed by atoms with Gasteiger partial charge in [0.2, 0.25) is 5.91 Å². The maximum atomic E-state index is 11.9. The maximum Gasteiger partial charge on any atom is 0.223 e. The second-order valence-corrected chi connectivity index (χ2v) is 5.18. The van der Waals surface area contributed by atoms with Crippen LogP contribution in [0.15, 0.2) is 0 Å². The number of carbonyl (C=O) groups excluding carboxylic acids is 1. The lowest BCUT2D eigenvalue weighted by Gasteiger charge is -2.25. The van der Waals surface area contributed by atoms with Crippen molar-refractivity contribution in [1.29, 1.82) is 0 Å².